The number of fused-ring (bicyclic) bond motifs is 2. The van der Waals surface area contributed by atoms with Crippen molar-refractivity contribution in [2.24, 2.45) is 0 Å². The summed E-state index contributed by atoms with van der Waals surface area (Å²) in [5.74, 6) is 1.14. The number of aromatic nitrogens is 3. The Balaban J connectivity index is 1.29. The van der Waals surface area contributed by atoms with Crippen molar-refractivity contribution in [3.8, 4) is 0 Å². The lowest BCUT2D eigenvalue weighted by Crippen LogP contribution is -2.57. The van der Waals surface area contributed by atoms with E-state index < -0.39 is 0 Å². The van der Waals surface area contributed by atoms with Gasteiger partial charge in [-0.1, -0.05) is 17.7 Å². The van der Waals surface area contributed by atoms with Gasteiger partial charge in [-0.2, -0.15) is 0 Å². The fraction of sp³-hybridized carbons (Fsp3) is 0.318. The number of carbonyl (C=O) groups excluding carboxylic acids is 1. The topological polar surface area (TPSA) is 65.1 Å². The van der Waals surface area contributed by atoms with E-state index in [1.807, 2.05) is 12.3 Å². The predicted molar refractivity (Wildman–Crippen MR) is 116 cm³/mol. The summed E-state index contributed by atoms with van der Waals surface area (Å²) in [6.45, 7) is 4.43. The molecule has 29 heavy (non-hydrogen) atoms. The summed E-state index contributed by atoms with van der Waals surface area (Å²) in [6, 6.07) is 10.5. The van der Waals surface area contributed by atoms with E-state index in [0.29, 0.717) is 0 Å². The summed E-state index contributed by atoms with van der Waals surface area (Å²) in [4.78, 5) is 30.7. The predicted octanol–water partition coefficient (Wildman–Crippen LogP) is 3.98. The quantitative estimate of drug-likeness (QED) is 0.550. The Labute approximate surface area is 172 Å². The normalized spacial score (nSPS) is 18.1. The molecule has 6 nitrogen and oxygen atoms in total. The molecule has 1 spiro atoms. The second kappa shape index (κ2) is 6.03. The van der Waals surface area contributed by atoms with Gasteiger partial charge in [0.1, 0.15) is 17.8 Å². The van der Waals surface area contributed by atoms with Gasteiger partial charge in [0.05, 0.1) is 15.8 Å². The van der Waals surface area contributed by atoms with Crippen LogP contribution >= 0.6 is 11.3 Å². The molecule has 2 fully saturated rings. The minimum atomic E-state index is -0.0605. The first-order valence-corrected chi connectivity index (χ1v) is 10.8. The zero-order valence-corrected chi connectivity index (χ0v) is 17.0. The molecule has 0 unspecified atom stereocenters. The number of hydrogen-bond donors (Lipinski definition) is 1. The van der Waals surface area contributed by atoms with E-state index >= 15 is 0 Å². The van der Waals surface area contributed by atoms with Crippen LogP contribution in [0.4, 0.5) is 5.82 Å². The summed E-state index contributed by atoms with van der Waals surface area (Å²) < 4.78 is 1.18. The van der Waals surface area contributed by atoms with Crippen LogP contribution in [0.25, 0.3) is 21.1 Å². The SMILES string of the molecule is Cc1ccc2sc(C(=O)N3CCN(c4ncnc5[nH]ccc45)CC34CC4)cc2c1. The number of aryl methyl sites for hydroxylation is 1. The average molecular weight is 404 g/mol. The van der Waals surface area contributed by atoms with Crippen LogP contribution in [0, 0.1) is 6.92 Å². The third-order valence-electron chi connectivity index (χ3n) is 6.24. The molecule has 1 aromatic carbocycles. The molecule has 146 valence electrons. The van der Waals surface area contributed by atoms with Gasteiger partial charge in [-0.15, -0.1) is 11.3 Å². The highest BCUT2D eigenvalue weighted by molar-refractivity contribution is 7.20. The van der Waals surface area contributed by atoms with Crippen molar-refractivity contribution < 1.29 is 4.79 Å². The van der Waals surface area contributed by atoms with Gasteiger partial charge in [-0.3, -0.25) is 4.79 Å². The van der Waals surface area contributed by atoms with E-state index in [1.165, 1.54) is 10.3 Å². The molecule has 3 aromatic heterocycles. The van der Waals surface area contributed by atoms with E-state index in [-0.39, 0.29) is 11.4 Å². The number of carbonyl (C=O) groups is 1. The van der Waals surface area contributed by atoms with Crippen molar-refractivity contribution in [2.45, 2.75) is 25.3 Å². The Morgan fingerprint density at radius 3 is 2.93 bits per heavy atom. The molecule has 2 aliphatic rings. The lowest BCUT2D eigenvalue weighted by atomic mass is 10.1. The fourth-order valence-electron chi connectivity index (χ4n) is 4.56. The number of piperazine rings is 1. The number of H-pyrrole nitrogens is 1. The first kappa shape index (κ1) is 17.0. The van der Waals surface area contributed by atoms with Crippen LogP contribution in [0.1, 0.15) is 28.1 Å². The third kappa shape index (κ3) is 2.64. The zero-order valence-electron chi connectivity index (χ0n) is 16.2. The van der Waals surface area contributed by atoms with Crippen molar-refractivity contribution in [1.29, 1.82) is 0 Å². The number of nitrogens with zero attached hydrogens (tertiary/aromatic N) is 4. The second-order valence-electron chi connectivity index (χ2n) is 8.19. The van der Waals surface area contributed by atoms with E-state index in [4.69, 9.17) is 0 Å². The molecule has 1 saturated carbocycles. The average Bonchev–Trinajstić information content (AvgIpc) is 3.16. The minimum Gasteiger partial charge on any atom is -0.352 e. The van der Waals surface area contributed by atoms with Crippen LogP contribution in [-0.2, 0) is 0 Å². The summed E-state index contributed by atoms with van der Waals surface area (Å²) in [5.41, 5.74) is 2.02. The second-order valence-corrected chi connectivity index (χ2v) is 9.28. The number of hydrogen-bond acceptors (Lipinski definition) is 5. The van der Waals surface area contributed by atoms with Crippen molar-refractivity contribution in [3.05, 3.63) is 53.3 Å². The number of rotatable bonds is 2. The molecule has 1 amide bonds. The molecule has 4 aromatic rings. The highest BCUT2D eigenvalue weighted by atomic mass is 32.1. The number of thiophene rings is 1. The lowest BCUT2D eigenvalue weighted by molar-refractivity contribution is 0.0629. The molecule has 0 bridgehead atoms. The van der Waals surface area contributed by atoms with Gasteiger partial charge in [0.2, 0.25) is 0 Å². The molecular weight excluding hydrogens is 382 g/mol. The zero-order chi connectivity index (χ0) is 19.6. The van der Waals surface area contributed by atoms with Gasteiger partial charge in [0.15, 0.2) is 0 Å². The van der Waals surface area contributed by atoms with E-state index in [1.54, 1.807) is 17.7 Å². The first-order chi connectivity index (χ1) is 14.1. The van der Waals surface area contributed by atoms with Gasteiger partial charge in [-0.05, 0) is 43.4 Å². The smallest absolute Gasteiger partial charge is 0.264 e. The van der Waals surface area contributed by atoms with Crippen LogP contribution in [0.15, 0.2) is 42.9 Å². The highest BCUT2D eigenvalue weighted by Gasteiger charge is 2.53. The molecule has 1 aliphatic carbocycles. The minimum absolute atomic E-state index is 0.0605. The number of aromatic amines is 1. The Kier molecular flexibility index (Phi) is 3.53. The van der Waals surface area contributed by atoms with Crippen LogP contribution in [0.2, 0.25) is 0 Å². The van der Waals surface area contributed by atoms with Crippen molar-refractivity contribution in [3.63, 3.8) is 0 Å². The molecule has 0 radical (unpaired) electrons. The van der Waals surface area contributed by atoms with E-state index in [0.717, 1.165) is 59.6 Å². The highest BCUT2D eigenvalue weighted by Crippen LogP contribution is 2.46. The van der Waals surface area contributed by atoms with Gasteiger partial charge < -0.3 is 14.8 Å². The maximum atomic E-state index is 13.4. The summed E-state index contributed by atoms with van der Waals surface area (Å²) in [7, 11) is 0. The van der Waals surface area contributed by atoms with E-state index in [9.17, 15) is 4.79 Å². The monoisotopic (exact) mass is 403 g/mol. The van der Waals surface area contributed by atoms with Crippen molar-refractivity contribution in [1.82, 2.24) is 19.9 Å². The van der Waals surface area contributed by atoms with Crippen LogP contribution in [0.3, 0.4) is 0 Å². The molecule has 4 heterocycles. The fourth-order valence-corrected chi connectivity index (χ4v) is 5.55. The van der Waals surface area contributed by atoms with Crippen LogP contribution in [0.5, 0.6) is 0 Å². The number of benzene rings is 1. The third-order valence-corrected chi connectivity index (χ3v) is 7.34. The molecule has 6 rings (SSSR count). The summed E-state index contributed by atoms with van der Waals surface area (Å²) >= 11 is 1.61. The molecule has 7 heteroatoms. The van der Waals surface area contributed by atoms with Gasteiger partial charge in [-0.25, -0.2) is 9.97 Å². The Morgan fingerprint density at radius 2 is 2.07 bits per heavy atom. The number of nitrogens with one attached hydrogen (secondary N) is 1. The van der Waals surface area contributed by atoms with Gasteiger partial charge in [0.25, 0.3) is 5.91 Å². The summed E-state index contributed by atoms with van der Waals surface area (Å²) in [5, 5.41) is 2.21. The Bertz CT molecular complexity index is 1250. The van der Waals surface area contributed by atoms with Crippen molar-refractivity contribution >= 4 is 44.2 Å². The van der Waals surface area contributed by atoms with Crippen LogP contribution in [-0.4, -0.2) is 50.9 Å². The largest absolute Gasteiger partial charge is 0.352 e. The number of anilines is 1. The van der Waals surface area contributed by atoms with Gasteiger partial charge >= 0.3 is 0 Å². The van der Waals surface area contributed by atoms with Crippen LogP contribution < -0.4 is 4.90 Å². The maximum absolute atomic E-state index is 13.4. The number of amides is 1. The molecule has 1 N–H and O–H groups in total. The molecular formula is C22H21N5OS. The Hall–Kier alpha value is -2.93. The standard InChI is InChI=1S/C22H21N5OS/c1-14-2-3-17-15(10-14)11-18(29-17)21(28)27-9-8-26(12-22(27)5-6-22)20-16-4-7-23-19(16)24-13-25-20/h2-4,7,10-11,13H,5-6,8-9,12H2,1H3,(H,23,24,25). The molecule has 0 atom stereocenters. The Morgan fingerprint density at radius 1 is 1.17 bits per heavy atom. The lowest BCUT2D eigenvalue weighted by Gasteiger charge is -2.42. The van der Waals surface area contributed by atoms with Crippen molar-refractivity contribution in [2.75, 3.05) is 24.5 Å². The maximum Gasteiger partial charge on any atom is 0.264 e. The molecule has 1 saturated heterocycles. The summed E-state index contributed by atoms with van der Waals surface area (Å²) in [6.07, 6.45) is 5.63. The van der Waals surface area contributed by atoms with Gasteiger partial charge in [0, 0.05) is 30.5 Å². The van der Waals surface area contributed by atoms with E-state index in [2.05, 4.69) is 55.9 Å². The first-order valence-electron chi connectivity index (χ1n) is 9.98. The molecule has 1 aliphatic heterocycles.